The van der Waals surface area contributed by atoms with Crippen LogP contribution in [0.1, 0.15) is 47.1 Å². The average Bonchev–Trinajstić information content (AvgIpc) is 3.06. The van der Waals surface area contributed by atoms with Crippen molar-refractivity contribution in [1.82, 2.24) is 5.32 Å². The van der Waals surface area contributed by atoms with Crippen LogP contribution in [-0.4, -0.2) is 23.5 Å². The molecule has 1 aliphatic rings. The molecule has 0 heterocycles. The number of amides is 1. The molecule has 0 fully saturated rings. The second-order valence-electron chi connectivity index (χ2n) is 8.17. The summed E-state index contributed by atoms with van der Waals surface area (Å²) in [5.41, 5.74) is 8.37. The number of aliphatic carboxylic acids is 1. The van der Waals surface area contributed by atoms with Gasteiger partial charge in [0.05, 0.1) is 6.42 Å². The molecule has 4 rings (SSSR count). The van der Waals surface area contributed by atoms with E-state index in [2.05, 4.69) is 48.6 Å². The molecule has 0 radical (unpaired) electrons. The summed E-state index contributed by atoms with van der Waals surface area (Å²) >= 11 is 0. The number of carbonyl (C=O) groups excluding carboxylic acids is 1. The third-order valence-corrected chi connectivity index (χ3v) is 6.08. The van der Waals surface area contributed by atoms with Gasteiger partial charge in [-0.2, -0.15) is 0 Å². The molecular weight excluding hydrogens is 386 g/mol. The Labute approximate surface area is 182 Å². The number of carbonyl (C=O) groups is 2. The first-order chi connectivity index (χ1) is 15.0. The van der Waals surface area contributed by atoms with E-state index in [1.54, 1.807) is 0 Å². The fraction of sp³-hybridized carbons (Fsp3) is 0.259. The van der Waals surface area contributed by atoms with Crippen LogP contribution in [0, 0.1) is 0 Å². The molecule has 31 heavy (non-hydrogen) atoms. The largest absolute Gasteiger partial charge is 0.481 e. The highest BCUT2D eigenvalue weighted by atomic mass is 16.4. The Hall–Kier alpha value is -3.40. The van der Waals surface area contributed by atoms with Crippen molar-refractivity contribution in [3.63, 3.8) is 0 Å². The Morgan fingerprint density at radius 1 is 0.871 bits per heavy atom. The van der Waals surface area contributed by atoms with Crippen LogP contribution in [-0.2, 0) is 28.9 Å². The number of rotatable bonds is 8. The molecule has 3 aromatic carbocycles. The van der Waals surface area contributed by atoms with Crippen molar-refractivity contribution in [3.8, 4) is 11.1 Å². The van der Waals surface area contributed by atoms with Crippen LogP contribution in [0.5, 0.6) is 0 Å². The van der Waals surface area contributed by atoms with Crippen LogP contribution in [0.2, 0.25) is 0 Å². The van der Waals surface area contributed by atoms with Crippen molar-refractivity contribution in [2.24, 2.45) is 0 Å². The lowest BCUT2D eigenvalue weighted by atomic mass is 9.93. The Morgan fingerprint density at radius 2 is 1.55 bits per heavy atom. The predicted molar refractivity (Wildman–Crippen MR) is 122 cm³/mol. The summed E-state index contributed by atoms with van der Waals surface area (Å²) in [5, 5.41) is 11.8. The van der Waals surface area contributed by atoms with Gasteiger partial charge in [-0.25, -0.2) is 0 Å². The molecule has 0 saturated heterocycles. The van der Waals surface area contributed by atoms with Crippen LogP contribution in [0.4, 0.5) is 0 Å². The second-order valence-corrected chi connectivity index (χ2v) is 8.17. The number of hydrogen-bond donors (Lipinski definition) is 2. The highest BCUT2D eigenvalue weighted by Gasteiger charge is 2.27. The average molecular weight is 414 g/mol. The molecule has 0 saturated carbocycles. The van der Waals surface area contributed by atoms with Gasteiger partial charge >= 0.3 is 5.97 Å². The summed E-state index contributed by atoms with van der Waals surface area (Å²) in [7, 11) is 0. The quantitative estimate of drug-likeness (QED) is 0.561. The summed E-state index contributed by atoms with van der Waals surface area (Å²) in [5.74, 6) is -0.446. The molecule has 0 aliphatic heterocycles. The lowest BCUT2D eigenvalue weighted by Gasteiger charge is -2.13. The predicted octanol–water partition coefficient (Wildman–Crippen LogP) is 4.74. The second kappa shape index (κ2) is 9.17. The number of fused-ring (bicyclic) bond motifs is 3. The van der Waals surface area contributed by atoms with Gasteiger partial charge in [-0.3, -0.25) is 9.59 Å². The SMILES string of the molecule is CC1c2ccccc2-c2cccc(CC(=O)NCCc3ccc(CCC(=O)O)cc3)c21. The van der Waals surface area contributed by atoms with Gasteiger partial charge in [-0.1, -0.05) is 73.7 Å². The summed E-state index contributed by atoms with van der Waals surface area (Å²) < 4.78 is 0. The van der Waals surface area contributed by atoms with Crippen LogP contribution in [0.25, 0.3) is 11.1 Å². The van der Waals surface area contributed by atoms with Gasteiger partial charge in [0, 0.05) is 18.9 Å². The van der Waals surface area contributed by atoms with E-state index in [1.165, 1.54) is 22.3 Å². The van der Waals surface area contributed by atoms with Crippen molar-refractivity contribution in [1.29, 1.82) is 0 Å². The zero-order valence-corrected chi connectivity index (χ0v) is 17.7. The summed E-state index contributed by atoms with van der Waals surface area (Å²) in [4.78, 5) is 23.3. The maximum absolute atomic E-state index is 12.6. The molecule has 1 aliphatic carbocycles. The van der Waals surface area contributed by atoms with Crippen molar-refractivity contribution in [2.75, 3.05) is 6.54 Å². The number of hydrogen-bond acceptors (Lipinski definition) is 2. The molecule has 4 nitrogen and oxygen atoms in total. The first-order valence-electron chi connectivity index (χ1n) is 10.8. The van der Waals surface area contributed by atoms with Crippen LogP contribution < -0.4 is 5.32 Å². The van der Waals surface area contributed by atoms with E-state index in [4.69, 9.17) is 5.11 Å². The first-order valence-corrected chi connectivity index (χ1v) is 10.8. The highest BCUT2D eigenvalue weighted by Crippen LogP contribution is 2.45. The van der Waals surface area contributed by atoms with Crippen molar-refractivity contribution in [2.45, 2.75) is 38.5 Å². The van der Waals surface area contributed by atoms with Crippen LogP contribution in [0.15, 0.2) is 66.7 Å². The molecule has 0 bridgehead atoms. The number of carboxylic acid groups (broad SMARTS) is 1. The minimum Gasteiger partial charge on any atom is -0.481 e. The van der Waals surface area contributed by atoms with E-state index in [9.17, 15) is 9.59 Å². The molecule has 2 N–H and O–H groups in total. The Kier molecular flexibility index (Phi) is 6.17. The molecule has 1 atom stereocenters. The summed E-state index contributed by atoms with van der Waals surface area (Å²) in [6.45, 7) is 2.80. The van der Waals surface area contributed by atoms with E-state index in [0.717, 1.165) is 23.1 Å². The molecule has 0 aromatic heterocycles. The van der Waals surface area contributed by atoms with E-state index >= 15 is 0 Å². The van der Waals surface area contributed by atoms with E-state index < -0.39 is 5.97 Å². The van der Waals surface area contributed by atoms with Crippen LogP contribution >= 0.6 is 0 Å². The number of aryl methyl sites for hydroxylation is 1. The topological polar surface area (TPSA) is 66.4 Å². The molecule has 3 aromatic rings. The fourth-order valence-corrected chi connectivity index (χ4v) is 4.49. The van der Waals surface area contributed by atoms with Crippen molar-refractivity contribution in [3.05, 3.63) is 94.5 Å². The fourth-order valence-electron chi connectivity index (χ4n) is 4.49. The third kappa shape index (κ3) is 4.69. The normalized spacial score (nSPS) is 14.0. The van der Waals surface area contributed by atoms with Gasteiger partial charge in [0.2, 0.25) is 5.91 Å². The van der Waals surface area contributed by atoms with E-state index in [1.807, 2.05) is 30.3 Å². The maximum Gasteiger partial charge on any atom is 0.303 e. The van der Waals surface area contributed by atoms with Gasteiger partial charge in [0.25, 0.3) is 0 Å². The monoisotopic (exact) mass is 413 g/mol. The molecular formula is C27H27NO3. The van der Waals surface area contributed by atoms with Gasteiger partial charge in [0.15, 0.2) is 0 Å². The minimum absolute atomic E-state index is 0.0367. The lowest BCUT2D eigenvalue weighted by molar-refractivity contribution is -0.137. The molecule has 0 spiro atoms. The number of nitrogens with one attached hydrogen (secondary N) is 1. The van der Waals surface area contributed by atoms with Gasteiger partial charge in [0.1, 0.15) is 0 Å². The standard InChI is InChI=1S/C27H27NO3/c1-18-22-6-2-3-7-23(22)24-8-4-5-21(27(18)24)17-25(29)28-16-15-20-11-9-19(10-12-20)13-14-26(30)31/h2-12,18H,13-17H2,1H3,(H,28,29)(H,30,31). The molecule has 1 amide bonds. The zero-order valence-electron chi connectivity index (χ0n) is 17.7. The van der Waals surface area contributed by atoms with Gasteiger partial charge in [-0.05, 0) is 51.8 Å². The molecule has 4 heteroatoms. The smallest absolute Gasteiger partial charge is 0.303 e. The number of carboxylic acids is 1. The maximum atomic E-state index is 12.6. The van der Waals surface area contributed by atoms with Crippen molar-refractivity contribution >= 4 is 11.9 Å². The van der Waals surface area contributed by atoms with E-state index in [-0.39, 0.29) is 12.3 Å². The Balaban J connectivity index is 1.33. The van der Waals surface area contributed by atoms with Gasteiger partial charge in [-0.15, -0.1) is 0 Å². The lowest BCUT2D eigenvalue weighted by Crippen LogP contribution is -2.27. The third-order valence-electron chi connectivity index (χ3n) is 6.08. The molecule has 158 valence electrons. The van der Waals surface area contributed by atoms with E-state index in [0.29, 0.717) is 25.3 Å². The van der Waals surface area contributed by atoms with Crippen LogP contribution in [0.3, 0.4) is 0 Å². The Bertz CT molecular complexity index is 1100. The zero-order chi connectivity index (χ0) is 21.8. The van der Waals surface area contributed by atoms with Gasteiger partial charge < -0.3 is 10.4 Å². The number of benzene rings is 3. The summed E-state index contributed by atoms with van der Waals surface area (Å²) in [6.07, 6.45) is 1.81. The minimum atomic E-state index is -0.783. The van der Waals surface area contributed by atoms with Crippen molar-refractivity contribution < 1.29 is 14.7 Å². The highest BCUT2D eigenvalue weighted by molar-refractivity contribution is 5.84. The Morgan fingerprint density at radius 3 is 2.29 bits per heavy atom. The molecule has 1 unspecified atom stereocenters. The first kappa shape index (κ1) is 20.9. The summed E-state index contributed by atoms with van der Waals surface area (Å²) in [6, 6.07) is 22.7.